The lowest BCUT2D eigenvalue weighted by molar-refractivity contribution is -0.139. The van der Waals surface area contributed by atoms with Crippen LogP contribution in [0.2, 0.25) is 5.02 Å². The number of nitrogens with one attached hydrogen (secondary N) is 1. The first-order valence-electron chi connectivity index (χ1n) is 6.04. The number of rotatable bonds is 8. The summed E-state index contributed by atoms with van der Waals surface area (Å²) < 4.78 is 5.19. The van der Waals surface area contributed by atoms with Crippen molar-refractivity contribution >= 4 is 17.6 Å². The van der Waals surface area contributed by atoms with E-state index in [0.717, 1.165) is 12.0 Å². The molecule has 19 heavy (non-hydrogen) atoms. The molecule has 0 aromatic heterocycles. The average Bonchev–Trinajstić information content (AvgIpc) is 2.38. The predicted molar refractivity (Wildman–Crippen MR) is 72.6 cm³/mol. The highest BCUT2D eigenvalue weighted by molar-refractivity contribution is 6.30. The molecule has 3 N–H and O–H groups in total. The van der Waals surface area contributed by atoms with Gasteiger partial charge in [0, 0.05) is 23.2 Å². The fraction of sp³-hybridized carbons (Fsp3) is 0.462. The van der Waals surface area contributed by atoms with Crippen LogP contribution in [0, 0.1) is 0 Å². The van der Waals surface area contributed by atoms with Gasteiger partial charge in [-0.25, -0.2) is 4.79 Å². The summed E-state index contributed by atoms with van der Waals surface area (Å²) >= 11 is 5.91. The first kappa shape index (κ1) is 15.8. The van der Waals surface area contributed by atoms with Crippen LogP contribution in [0.5, 0.6) is 5.75 Å². The van der Waals surface area contributed by atoms with E-state index in [9.17, 15) is 4.79 Å². The molecule has 0 amide bonds. The minimum atomic E-state index is -1.03. The second-order valence-corrected chi connectivity index (χ2v) is 4.54. The van der Waals surface area contributed by atoms with Crippen molar-refractivity contribution in [3.63, 3.8) is 0 Å². The molecule has 0 aliphatic carbocycles. The molecule has 0 spiro atoms. The maximum atomic E-state index is 10.5. The maximum Gasteiger partial charge on any atom is 0.341 e. The highest BCUT2D eigenvalue weighted by atomic mass is 35.5. The largest absolute Gasteiger partial charge is 0.482 e. The monoisotopic (exact) mass is 287 g/mol. The number of aliphatic hydroxyl groups is 1. The predicted octanol–water partition coefficient (Wildman–Crippen LogP) is 1.66. The third-order valence-corrected chi connectivity index (χ3v) is 2.90. The number of aliphatic carboxylic acids is 1. The number of benzene rings is 1. The van der Waals surface area contributed by atoms with Gasteiger partial charge in [-0.05, 0) is 24.6 Å². The van der Waals surface area contributed by atoms with E-state index in [0.29, 0.717) is 17.3 Å². The van der Waals surface area contributed by atoms with Crippen LogP contribution >= 0.6 is 11.6 Å². The second kappa shape index (κ2) is 7.99. The van der Waals surface area contributed by atoms with Crippen molar-refractivity contribution in [2.45, 2.75) is 25.9 Å². The zero-order valence-electron chi connectivity index (χ0n) is 10.7. The number of halogens is 1. The molecule has 106 valence electrons. The normalized spacial score (nSPS) is 12.2. The van der Waals surface area contributed by atoms with Gasteiger partial charge in [-0.1, -0.05) is 18.5 Å². The van der Waals surface area contributed by atoms with Crippen LogP contribution in [0.1, 0.15) is 18.9 Å². The van der Waals surface area contributed by atoms with Crippen LogP contribution < -0.4 is 10.1 Å². The summed E-state index contributed by atoms with van der Waals surface area (Å²) in [4.78, 5) is 10.5. The Morgan fingerprint density at radius 2 is 2.26 bits per heavy atom. The highest BCUT2D eigenvalue weighted by Crippen LogP contribution is 2.23. The Morgan fingerprint density at radius 1 is 1.53 bits per heavy atom. The lowest BCUT2D eigenvalue weighted by Gasteiger charge is -2.16. The number of carboxylic acid groups (broad SMARTS) is 1. The molecule has 0 saturated carbocycles. The van der Waals surface area contributed by atoms with Gasteiger partial charge in [0.2, 0.25) is 0 Å². The average molecular weight is 288 g/mol. The summed E-state index contributed by atoms with van der Waals surface area (Å²) in [6.07, 6.45) is 0.794. The summed E-state index contributed by atoms with van der Waals surface area (Å²) in [5, 5.41) is 21.4. The molecule has 0 heterocycles. The van der Waals surface area contributed by atoms with Crippen LogP contribution in [0.15, 0.2) is 18.2 Å². The van der Waals surface area contributed by atoms with Crippen molar-refractivity contribution < 1.29 is 19.7 Å². The summed E-state index contributed by atoms with van der Waals surface area (Å²) in [6, 6.07) is 5.00. The molecule has 1 aromatic rings. The number of ether oxygens (including phenoxy) is 1. The van der Waals surface area contributed by atoms with Crippen LogP contribution in [0.25, 0.3) is 0 Å². The minimum Gasteiger partial charge on any atom is -0.482 e. The maximum absolute atomic E-state index is 10.5. The number of hydrogen-bond donors (Lipinski definition) is 3. The van der Waals surface area contributed by atoms with E-state index in [2.05, 4.69) is 5.32 Å². The number of aliphatic hydroxyl groups excluding tert-OH is 1. The van der Waals surface area contributed by atoms with E-state index < -0.39 is 12.6 Å². The molecule has 0 aliphatic heterocycles. The molecular formula is C13H18ClNO4. The van der Waals surface area contributed by atoms with E-state index in [4.69, 9.17) is 26.6 Å². The molecular weight excluding hydrogens is 270 g/mol. The van der Waals surface area contributed by atoms with Crippen molar-refractivity contribution in [3.05, 3.63) is 28.8 Å². The fourth-order valence-electron chi connectivity index (χ4n) is 1.56. The van der Waals surface area contributed by atoms with Crippen LogP contribution in [0.4, 0.5) is 0 Å². The number of hydrogen-bond acceptors (Lipinski definition) is 4. The van der Waals surface area contributed by atoms with E-state index in [1.54, 1.807) is 18.2 Å². The zero-order chi connectivity index (χ0) is 14.3. The number of carbonyl (C=O) groups is 1. The lowest BCUT2D eigenvalue weighted by atomic mass is 10.1. The first-order valence-corrected chi connectivity index (χ1v) is 6.41. The molecule has 6 heteroatoms. The Balaban J connectivity index is 2.73. The Kier molecular flexibility index (Phi) is 6.62. The van der Waals surface area contributed by atoms with Crippen LogP contribution in [0.3, 0.4) is 0 Å². The van der Waals surface area contributed by atoms with Crippen molar-refractivity contribution in [2.75, 3.05) is 13.2 Å². The first-order chi connectivity index (χ1) is 9.06. The summed E-state index contributed by atoms with van der Waals surface area (Å²) in [5.41, 5.74) is 0.764. The standard InChI is InChI=1S/C13H18ClNO4/c1-2-11(7-16)15-6-9-5-10(14)3-4-12(9)19-8-13(17)18/h3-5,11,15-16H,2,6-8H2,1H3,(H,17,18)/t11-/m1/s1. The summed E-state index contributed by atoms with van der Waals surface area (Å²) in [7, 11) is 0. The molecule has 1 aromatic carbocycles. The molecule has 0 unspecified atom stereocenters. The van der Waals surface area contributed by atoms with Gasteiger partial charge in [-0.15, -0.1) is 0 Å². The van der Waals surface area contributed by atoms with Gasteiger partial charge in [-0.3, -0.25) is 0 Å². The Bertz CT molecular complexity index is 421. The Hall–Kier alpha value is -1.30. The van der Waals surface area contributed by atoms with Gasteiger partial charge in [0.05, 0.1) is 6.61 Å². The van der Waals surface area contributed by atoms with Gasteiger partial charge in [0.1, 0.15) is 5.75 Å². The SMILES string of the molecule is CC[C@H](CO)NCc1cc(Cl)ccc1OCC(=O)O. The van der Waals surface area contributed by atoms with Crippen LogP contribution in [-0.2, 0) is 11.3 Å². The van der Waals surface area contributed by atoms with Gasteiger partial charge < -0.3 is 20.3 Å². The fourth-order valence-corrected chi connectivity index (χ4v) is 1.75. The summed E-state index contributed by atoms with van der Waals surface area (Å²) in [6.45, 7) is 2.07. The molecule has 0 fully saturated rings. The van der Waals surface area contributed by atoms with E-state index in [1.807, 2.05) is 6.92 Å². The second-order valence-electron chi connectivity index (χ2n) is 4.10. The molecule has 0 bridgehead atoms. The van der Waals surface area contributed by atoms with Gasteiger partial charge >= 0.3 is 5.97 Å². The molecule has 0 radical (unpaired) electrons. The van der Waals surface area contributed by atoms with Crippen molar-refractivity contribution in [1.82, 2.24) is 5.32 Å². The van der Waals surface area contributed by atoms with Gasteiger partial charge in [0.15, 0.2) is 6.61 Å². The zero-order valence-corrected chi connectivity index (χ0v) is 11.5. The Morgan fingerprint density at radius 3 is 2.84 bits per heavy atom. The van der Waals surface area contributed by atoms with Crippen molar-refractivity contribution in [2.24, 2.45) is 0 Å². The van der Waals surface area contributed by atoms with E-state index in [1.165, 1.54) is 0 Å². The lowest BCUT2D eigenvalue weighted by Crippen LogP contribution is -2.31. The third-order valence-electron chi connectivity index (χ3n) is 2.67. The smallest absolute Gasteiger partial charge is 0.341 e. The highest BCUT2D eigenvalue weighted by Gasteiger charge is 2.09. The molecule has 1 rings (SSSR count). The van der Waals surface area contributed by atoms with Crippen molar-refractivity contribution in [3.8, 4) is 5.75 Å². The van der Waals surface area contributed by atoms with Crippen molar-refractivity contribution in [1.29, 1.82) is 0 Å². The third kappa shape index (κ3) is 5.46. The molecule has 0 aliphatic rings. The van der Waals surface area contributed by atoms with Gasteiger partial charge in [0.25, 0.3) is 0 Å². The molecule has 0 saturated heterocycles. The van der Waals surface area contributed by atoms with Crippen LogP contribution in [-0.4, -0.2) is 35.4 Å². The molecule has 5 nitrogen and oxygen atoms in total. The van der Waals surface area contributed by atoms with E-state index in [-0.39, 0.29) is 12.6 Å². The summed E-state index contributed by atoms with van der Waals surface area (Å²) in [5.74, 6) is -0.553. The van der Waals surface area contributed by atoms with E-state index >= 15 is 0 Å². The number of carboxylic acids is 1. The van der Waals surface area contributed by atoms with Gasteiger partial charge in [-0.2, -0.15) is 0 Å². The molecule has 1 atom stereocenters. The Labute approximate surface area is 117 Å². The minimum absolute atomic E-state index is 0.00805. The quantitative estimate of drug-likeness (QED) is 0.678. The topological polar surface area (TPSA) is 78.8 Å².